The summed E-state index contributed by atoms with van der Waals surface area (Å²) >= 11 is 0. The number of methoxy groups -OCH3 is 1. The molecule has 1 aliphatic carbocycles. The van der Waals surface area contributed by atoms with Crippen molar-refractivity contribution in [2.75, 3.05) is 13.7 Å². The van der Waals surface area contributed by atoms with Crippen molar-refractivity contribution in [2.24, 2.45) is 0 Å². The highest BCUT2D eigenvalue weighted by atomic mass is 16.5. The SMILES string of the molecule is COCC(C)n1cnnc1-c1cccc(-n2nnc3ccc(-n4cnc(C5CC5)c4)cc3c2=O)n1. The van der Waals surface area contributed by atoms with Gasteiger partial charge in [0.15, 0.2) is 11.6 Å². The van der Waals surface area contributed by atoms with Crippen molar-refractivity contribution in [3.63, 3.8) is 0 Å². The van der Waals surface area contributed by atoms with Gasteiger partial charge in [0.2, 0.25) is 0 Å². The number of ether oxygens (including phenoxy) is 1. The molecule has 5 aromatic rings. The molecule has 0 amide bonds. The van der Waals surface area contributed by atoms with Crippen molar-refractivity contribution in [3.05, 3.63) is 71.3 Å². The van der Waals surface area contributed by atoms with Crippen LogP contribution in [0, 0.1) is 0 Å². The summed E-state index contributed by atoms with van der Waals surface area (Å²) in [5, 5.41) is 17.1. The molecule has 1 atom stereocenters. The molecular formula is C24H23N9O2. The van der Waals surface area contributed by atoms with E-state index in [2.05, 4.69) is 30.5 Å². The predicted octanol–water partition coefficient (Wildman–Crippen LogP) is 2.70. The fraction of sp³-hybridized carbons (Fsp3) is 0.292. The third-order valence-electron chi connectivity index (χ3n) is 6.18. The molecule has 11 heteroatoms. The fourth-order valence-electron chi connectivity index (χ4n) is 4.15. The first-order valence-corrected chi connectivity index (χ1v) is 11.4. The molecule has 0 spiro atoms. The first-order chi connectivity index (χ1) is 17.1. The average molecular weight is 470 g/mol. The van der Waals surface area contributed by atoms with E-state index in [-0.39, 0.29) is 11.6 Å². The van der Waals surface area contributed by atoms with Gasteiger partial charge >= 0.3 is 0 Å². The molecule has 1 fully saturated rings. The standard InChI is InChI=1S/C24H23N9O2/c1-15(12-35-2)32-14-26-29-23(32)20-4-3-5-22(27-20)33-24(34)18-10-17(8-9-19(18)28-30-33)31-11-21(25-13-31)16-6-7-16/h3-5,8-11,13-16H,6-7,12H2,1-2H3. The second kappa shape index (κ2) is 8.51. The molecule has 1 aromatic carbocycles. The molecule has 11 nitrogen and oxygen atoms in total. The first-order valence-electron chi connectivity index (χ1n) is 11.4. The number of rotatable bonds is 7. The highest BCUT2D eigenvalue weighted by Crippen LogP contribution is 2.39. The Balaban J connectivity index is 1.39. The Morgan fingerprint density at radius 2 is 2.03 bits per heavy atom. The van der Waals surface area contributed by atoms with Gasteiger partial charge in [0, 0.05) is 24.9 Å². The quantitative estimate of drug-likeness (QED) is 0.357. The molecule has 0 radical (unpaired) electrons. The largest absolute Gasteiger partial charge is 0.383 e. The van der Waals surface area contributed by atoms with Crippen LogP contribution in [0.5, 0.6) is 0 Å². The third kappa shape index (κ3) is 3.89. The number of imidazole rings is 1. The van der Waals surface area contributed by atoms with E-state index in [1.54, 1.807) is 38.0 Å². The summed E-state index contributed by atoms with van der Waals surface area (Å²) in [5.41, 5.74) is 2.70. The van der Waals surface area contributed by atoms with E-state index < -0.39 is 0 Å². The van der Waals surface area contributed by atoms with Crippen LogP contribution in [0.15, 0.2) is 60.0 Å². The Hall–Kier alpha value is -4.25. The fourth-order valence-corrected chi connectivity index (χ4v) is 4.15. The zero-order chi connectivity index (χ0) is 23.9. The van der Waals surface area contributed by atoms with Crippen LogP contribution in [0.25, 0.3) is 33.9 Å². The Morgan fingerprint density at radius 1 is 1.14 bits per heavy atom. The van der Waals surface area contributed by atoms with Gasteiger partial charge < -0.3 is 13.9 Å². The van der Waals surface area contributed by atoms with Crippen LogP contribution in [0.2, 0.25) is 0 Å². The minimum atomic E-state index is -0.307. The van der Waals surface area contributed by atoms with Crippen molar-refractivity contribution in [1.29, 1.82) is 0 Å². The van der Waals surface area contributed by atoms with E-state index in [0.29, 0.717) is 40.8 Å². The average Bonchev–Trinajstić information content (AvgIpc) is 3.40. The summed E-state index contributed by atoms with van der Waals surface area (Å²) in [6.07, 6.45) is 7.82. The van der Waals surface area contributed by atoms with Crippen molar-refractivity contribution in [3.8, 4) is 23.0 Å². The Morgan fingerprint density at radius 3 is 2.86 bits per heavy atom. The van der Waals surface area contributed by atoms with Crippen LogP contribution >= 0.6 is 0 Å². The minimum Gasteiger partial charge on any atom is -0.383 e. The lowest BCUT2D eigenvalue weighted by molar-refractivity contribution is 0.162. The lowest BCUT2D eigenvalue weighted by Crippen LogP contribution is -2.23. The zero-order valence-corrected chi connectivity index (χ0v) is 19.3. The van der Waals surface area contributed by atoms with Crippen molar-refractivity contribution < 1.29 is 4.74 Å². The Bertz CT molecular complexity index is 1580. The van der Waals surface area contributed by atoms with E-state index in [0.717, 1.165) is 11.4 Å². The van der Waals surface area contributed by atoms with Crippen molar-refractivity contribution in [1.82, 2.24) is 44.3 Å². The number of benzene rings is 1. The van der Waals surface area contributed by atoms with Gasteiger partial charge in [-0.3, -0.25) is 4.79 Å². The van der Waals surface area contributed by atoms with Gasteiger partial charge in [0.05, 0.1) is 30.1 Å². The lowest BCUT2D eigenvalue weighted by atomic mass is 10.2. The smallest absolute Gasteiger partial charge is 0.283 e. The summed E-state index contributed by atoms with van der Waals surface area (Å²) in [4.78, 5) is 22.6. The van der Waals surface area contributed by atoms with Crippen molar-refractivity contribution >= 4 is 10.9 Å². The normalized spacial score (nSPS) is 14.5. The number of aromatic nitrogens is 9. The molecule has 0 bridgehead atoms. The highest BCUT2D eigenvalue weighted by molar-refractivity contribution is 5.79. The molecular weight excluding hydrogens is 446 g/mol. The van der Waals surface area contributed by atoms with E-state index in [1.165, 1.54) is 17.5 Å². The second-order valence-corrected chi connectivity index (χ2v) is 8.74. The maximum atomic E-state index is 13.4. The maximum absolute atomic E-state index is 13.4. The zero-order valence-electron chi connectivity index (χ0n) is 19.3. The van der Waals surface area contributed by atoms with E-state index in [9.17, 15) is 4.79 Å². The summed E-state index contributed by atoms with van der Waals surface area (Å²) < 4.78 is 10.3. The monoisotopic (exact) mass is 469 g/mol. The number of hydrogen-bond donors (Lipinski definition) is 0. The van der Waals surface area contributed by atoms with Crippen LogP contribution in [0.3, 0.4) is 0 Å². The van der Waals surface area contributed by atoms with Crippen LogP contribution in [0.1, 0.15) is 37.4 Å². The van der Waals surface area contributed by atoms with Crippen LogP contribution < -0.4 is 5.56 Å². The molecule has 6 rings (SSSR count). The molecule has 1 aliphatic rings. The maximum Gasteiger partial charge on any atom is 0.283 e. The van der Waals surface area contributed by atoms with Gasteiger partial charge in [-0.2, -0.15) is 4.68 Å². The van der Waals surface area contributed by atoms with Crippen LogP contribution in [-0.2, 0) is 4.74 Å². The summed E-state index contributed by atoms with van der Waals surface area (Å²) in [6.45, 7) is 2.51. The Kier molecular flexibility index (Phi) is 5.18. The van der Waals surface area contributed by atoms with Crippen molar-refractivity contribution in [2.45, 2.75) is 31.7 Å². The molecule has 1 saturated carbocycles. The van der Waals surface area contributed by atoms with E-state index in [1.807, 2.05) is 40.5 Å². The molecule has 0 aliphatic heterocycles. The second-order valence-electron chi connectivity index (χ2n) is 8.74. The van der Waals surface area contributed by atoms with Gasteiger partial charge in [0.25, 0.3) is 5.56 Å². The van der Waals surface area contributed by atoms with Gasteiger partial charge in [-0.15, -0.1) is 15.3 Å². The summed E-state index contributed by atoms with van der Waals surface area (Å²) in [6, 6.07) is 10.9. The molecule has 4 heterocycles. The molecule has 0 N–H and O–H groups in total. The molecule has 35 heavy (non-hydrogen) atoms. The van der Waals surface area contributed by atoms with Gasteiger partial charge in [-0.05, 0) is 50.1 Å². The van der Waals surface area contributed by atoms with Gasteiger partial charge in [-0.25, -0.2) is 9.97 Å². The van der Waals surface area contributed by atoms with Crippen LogP contribution in [-0.4, -0.2) is 58.0 Å². The Labute approximate surface area is 200 Å². The number of pyridine rings is 1. The van der Waals surface area contributed by atoms with Crippen LogP contribution in [0.4, 0.5) is 0 Å². The lowest BCUT2D eigenvalue weighted by Gasteiger charge is -2.14. The topological polar surface area (TPSA) is 118 Å². The molecule has 4 aromatic heterocycles. The molecule has 176 valence electrons. The first kappa shape index (κ1) is 21.3. The predicted molar refractivity (Wildman–Crippen MR) is 128 cm³/mol. The number of fused-ring (bicyclic) bond motifs is 1. The molecule has 1 unspecified atom stereocenters. The van der Waals surface area contributed by atoms with Gasteiger partial charge in [-0.1, -0.05) is 11.3 Å². The number of nitrogens with zero attached hydrogens (tertiary/aromatic N) is 9. The molecule has 0 saturated heterocycles. The summed E-state index contributed by atoms with van der Waals surface area (Å²) in [5.74, 6) is 1.48. The van der Waals surface area contributed by atoms with E-state index in [4.69, 9.17) is 4.74 Å². The highest BCUT2D eigenvalue weighted by Gasteiger charge is 2.26. The minimum absolute atomic E-state index is 0.0145. The summed E-state index contributed by atoms with van der Waals surface area (Å²) in [7, 11) is 1.65. The third-order valence-corrected chi connectivity index (χ3v) is 6.18. The van der Waals surface area contributed by atoms with Gasteiger partial charge in [0.1, 0.15) is 17.5 Å². The van der Waals surface area contributed by atoms with E-state index >= 15 is 0 Å². The number of hydrogen-bond acceptors (Lipinski definition) is 8.